The summed E-state index contributed by atoms with van der Waals surface area (Å²) < 4.78 is 5.11. The molecular formula is C15H23N3O2. The molecule has 0 spiro atoms. The summed E-state index contributed by atoms with van der Waals surface area (Å²) >= 11 is 0. The van der Waals surface area contributed by atoms with Crippen molar-refractivity contribution in [3.8, 4) is 0 Å². The Hall–Kier alpha value is -1.46. The maximum atomic E-state index is 12.6. The molecule has 0 bridgehead atoms. The summed E-state index contributed by atoms with van der Waals surface area (Å²) in [5.74, 6) is 0.601. The summed E-state index contributed by atoms with van der Waals surface area (Å²) in [4.78, 5) is 18.7. The second-order valence-corrected chi connectivity index (χ2v) is 5.33. The number of methoxy groups -OCH3 is 1. The van der Waals surface area contributed by atoms with E-state index in [-0.39, 0.29) is 11.9 Å². The third kappa shape index (κ3) is 3.55. The van der Waals surface area contributed by atoms with Gasteiger partial charge in [0.1, 0.15) is 5.69 Å². The Balaban J connectivity index is 2.10. The predicted octanol–water partition coefficient (Wildman–Crippen LogP) is 1.43. The number of aromatic nitrogens is 1. The van der Waals surface area contributed by atoms with Crippen molar-refractivity contribution in [2.45, 2.75) is 32.4 Å². The van der Waals surface area contributed by atoms with E-state index in [1.165, 1.54) is 12.8 Å². The molecule has 1 fully saturated rings. The number of nitrogens with two attached hydrogens (primary N) is 1. The fourth-order valence-electron chi connectivity index (χ4n) is 2.33. The number of hydrogen-bond acceptors (Lipinski definition) is 4. The molecule has 2 rings (SSSR count). The third-order valence-electron chi connectivity index (χ3n) is 3.87. The van der Waals surface area contributed by atoms with E-state index in [9.17, 15) is 4.79 Å². The molecule has 1 aromatic rings. The second kappa shape index (κ2) is 6.81. The molecule has 5 nitrogen and oxygen atoms in total. The molecule has 1 heterocycles. The summed E-state index contributed by atoms with van der Waals surface area (Å²) in [7, 11) is 1.65. The van der Waals surface area contributed by atoms with Gasteiger partial charge < -0.3 is 15.4 Å². The van der Waals surface area contributed by atoms with E-state index in [0.717, 1.165) is 5.56 Å². The van der Waals surface area contributed by atoms with Crippen molar-refractivity contribution >= 4 is 5.91 Å². The van der Waals surface area contributed by atoms with E-state index in [2.05, 4.69) is 11.9 Å². The maximum Gasteiger partial charge on any atom is 0.272 e. The van der Waals surface area contributed by atoms with Crippen LogP contribution in [-0.2, 0) is 11.3 Å². The Kier molecular flexibility index (Phi) is 5.09. The molecule has 0 saturated heterocycles. The van der Waals surface area contributed by atoms with Crippen molar-refractivity contribution in [3.63, 3.8) is 0 Å². The van der Waals surface area contributed by atoms with Crippen LogP contribution in [0.15, 0.2) is 18.3 Å². The number of carbonyl (C=O) groups excluding carboxylic acids is 1. The number of carbonyl (C=O) groups is 1. The molecule has 0 radical (unpaired) electrons. The Labute approximate surface area is 120 Å². The largest absolute Gasteiger partial charge is 0.383 e. The third-order valence-corrected chi connectivity index (χ3v) is 3.87. The highest BCUT2D eigenvalue weighted by atomic mass is 16.5. The maximum absolute atomic E-state index is 12.6. The number of amides is 1. The van der Waals surface area contributed by atoms with Crippen molar-refractivity contribution in [1.82, 2.24) is 9.88 Å². The molecule has 1 amide bonds. The van der Waals surface area contributed by atoms with Crippen molar-refractivity contribution < 1.29 is 9.53 Å². The van der Waals surface area contributed by atoms with Gasteiger partial charge in [-0.3, -0.25) is 9.78 Å². The van der Waals surface area contributed by atoms with Crippen molar-refractivity contribution in [3.05, 3.63) is 29.6 Å². The minimum Gasteiger partial charge on any atom is -0.383 e. The summed E-state index contributed by atoms with van der Waals surface area (Å²) in [6.07, 6.45) is 4.08. The van der Waals surface area contributed by atoms with Crippen molar-refractivity contribution in [2.75, 3.05) is 20.3 Å². The Bertz CT molecular complexity index is 443. The lowest BCUT2D eigenvalue weighted by Gasteiger charge is -2.29. The Morgan fingerprint density at radius 1 is 1.55 bits per heavy atom. The lowest BCUT2D eigenvalue weighted by atomic mass is 10.1. The highest BCUT2D eigenvalue weighted by Crippen LogP contribution is 2.35. The average Bonchev–Trinajstić information content (AvgIpc) is 3.32. The summed E-state index contributed by atoms with van der Waals surface area (Å²) in [6.45, 7) is 3.70. The molecule has 1 atom stereocenters. The molecule has 20 heavy (non-hydrogen) atoms. The van der Waals surface area contributed by atoms with E-state index in [0.29, 0.717) is 31.3 Å². The van der Waals surface area contributed by atoms with Gasteiger partial charge in [0, 0.05) is 32.4 Å². The molecule has 1 aliphatic rings. The quantitative estimate of drug-likeness (QED) is 0.818. The average molecular weight is 277 g/mol. The van der Waals surface area contributed by atoms with Gasteiger partial charge in [0.05, 0.1) is 6.61 Å². The lowest BCUT2D eigenvalue weighted by molar-refractivity contribution is 0.0589. The fourth-order valence-corrected chi connectivity index (χ4v) is 2.33. The Morgan fingerprint density at radius 2 is 2.30 bits per heavy atom. The van der Waals surface area contributed by atoms with Gasteiger partial charge in [0.2, 0.25) is 0 Å². The highest BCUT2D eigenvalue weighted by molar-refractivity contribution is 5.92. The molecule has 5 heteroatoms. The molecule has 1 aliphatic carbocycles. The zero-order valence-corrected chi connectivity index (χ0v) is 12.2. The van der Waals surface area contributed by atoms with E-state index in [1.807, 2.05) is 11.0 Å². The first-order valence-electron chi connectivity index (χ1n) is 7.12. The smallest absolute Gasteiger partial charge is 0.272 e. The van der Waals surface area contributed by atoms with Gasteiger partial charge in [-0.15, -0.1) is 0 Å². The monoisotopic (exact) mass is 277 g/mol. The minimum absolute atomic E-state index is 0.0231. The molecule has 1 aromatic heterocycles. The zero-order valence-electron chi connectivity index (χ0n) is 12.2. The number of rotatable bonds is 7. The molecule has 0 aromatic carbocycles. The normalized spacial score (nSPS) is 15.9. The van der Waals surface area contributed by atoms with Crippen LogP contribution in [0.5, 0.6) is 0 Å². The van der Waals surface area contributed by atoms with Crippen LogP contribution in [0.4, 0.5) is 0 Å². The molecule has 2 N–H and O–H groups in total. The predicted molar refractivity (Wildman–Crippen MR) is 77.2 cm³/mol. The molecule has 1 unspecified atom stereocenters. The summed E-state index contributed by atoms with van der Waals surface area (Å²) in [6, 6.07) is 3.86. The van der Waals surface area contributed by atoms with Gasteiger partial charge in [-0.05, 0) is 37.3 Å². The van der Waals surface area contributed by atoms with Gasteiger partial charge in [-0.25, -0.2) is 0 Å². The first-order valence-corrected chi connectivity index (χ1v) is 7.12. The van der Waals surface area contributed by atoms with Gasteiger partial charge in [0.15, 0.2) is 0 Å². The summed E-state index contributed by atoms with van der Waals surface area (Å²) in [5, 5.41) is 0. The van der Waals surface area contributed by atoms with Crippen LogP contribution in [0.3, 0.4) is 0 Å². The van der Waals surface area contributed by atoms with Crippen LogP contribution in [0.25, 0.3) is 0 Å². The van der Waals surface area contributed by atoms with Crippen molar-refractivity contribution in [2.24, 2.45) is 11.7 Å². The SMILES string of the molecule is COCCN(C(=O)c1ccc(CN)cn1)C(C)C1CC1. The molecular weight excluding hydrogens is 254 g/mol. The topological polar surface area (TPSA) is 68.5 Å². The summed E-state index contributed by atoms with van der Waals surface area (Å²) in [5.41, 5.74) is 6.95. The van der Waals surface area contributed by atoms with Crippen LogP contribution >= 0.6 is 0 Å². The van der Waals surface area contributed by atoms with E-state index >= 15 is 0 Å². The zero-order chi connectivity index (χ0) is 14.5. The van der Waals surface area contributed by atoms with Gasteiger partial charge in [-0.2, -0.15) is 0 Å². The van der Waals surface area contributed by atoms with Crippen LogP contribution < -0.4 is 5.73 Å². The molecule has 1 saturated carbocycles. The standard InChI is InChI=1S/C15H23N3O2/c1-11(13-4-5-13)18(7-8-20-2)15(19)14-6-3-12(9-16)10-17-14/h3,6,10-11,13H,4-5,7-9,16H2,1-2H3. The van der Waals surface area contributed by atoms with E-state index < -0.39 is 0 Å². The van der Waals surface area contributed by atoms with Crippen LogP contribution in [-0.4, -0.2) is 42.1 Å². The molecule has 110 valence electrons. The van der Waals surface area contributed by atoms with Crippen LogP contribution in [0.2, 0.25) is 0 Å². The number of ether oxygens (including phenoxy) is 1. The first-order chi connectivity index (χ1) is 9.67. The van der Waals surface area contributed by atoms with Crippen LogP contribution in [0.1, 0.15) is 35.8 Å². The van der Waals surface area contributed by atoms with Gasteiger partial charge in [-0.1, -0.05) is 6.07 Å². The van der Waals surface area contributed by atoms with Gasteiger partial charge in [0.25, 0.3) is 5.91 Å². The van der Waals surface area contributed by atoms with Crippen LogP contribution in [0, 0.1) is 5.92 Å². The van der Waals surface area contributed by atoms with E-state index in [1.54, 1.807) is 19.4 Å². The van der Waals surface area contributed by atoms with Gasteiger partial charge >= 0.3 is 0 Å². The molecule has 0 aliphatic heterocycles. The number of pyridine rings is 1. The number of hydrogen-bond donors (Lipinski definition) is 1. The van der Waals surface area contributed by atoms with Crippen molar-refractivity contribution in [1.29, 1.82) is 0 Å². The second-order valence-electron chi connectivity index (χ2n) is 5.33. The Morgan fingerprint density at radius 3 is 2.80 bits per heavy atom. The lowest BCUT2D eigenvalue weighted by Crippen LogP contribution is -2.42. The highest BCUT2D eigenvalue weighted by Gasteiger charge is 2.34. The first kappa shape index (κ1) is 14.9. The minimum atomic E-state index is -0.0231. The van der Waals surface area contributed by atoms with E-state index in [4.69, 9.17) is 10.5 Å². The number of nitrogens with zero attached hydrogens (tertiary/aromatic N) is 2. The fraction of sp³-hybridized carbons (Fsp3) is 0.600.